The minimum atomic E-state index is -0.461. The second-order valence-electron chi connectivity index (χ2n) is 25.7. The van der Waals surface area contributed by atoms with Gasteiger partial charge in [-0.25, -0.2) is 0 Å². The summed E-state index contributed by atoms with van der Waals surface area (Å²) in [5.41, 5.74) is 28.3. The molecule has 0 spiro atoms. The molecule has 0 aliphatic carbocycles. The maximum Gasteiger partial charge on any atom is 0.261 e. The molecule has 0 radical (unpaired) electrons. The van der Waals surface area contributed by atoms with Crippen LogP contribution in [0.1, 0.15) is 0 Å². The Morgan fingerprint density at radius 3 is 1.02 bits per heavy atom. The van der Waals surface area contributed by atoms with Gasteiger partial charge in [0.05, 0.1) is 39.1 Å². The Morgan fingerprint density at radius 1 is 0.227 bits per heavy atom. The highest BCUT2D eigenvalue weighted by molar-refractivity contribution is 7.03. The highest BCUT2D eigenvalue weighted by Crippen LogP contribution is 2.54. The summed E-state index contributed by atoms with van der Waals surface area (Å²) in [5, 5.41) is 9.06. The van der Waals surface area contributed by atoms with Crippen LogP contribution < -0.4 is 26.2 Å². The largest absolute Gasteiger partial charge is 0.456 e. The lowest BCUT2D eigenvalue weighted by Gasteiger charge is -2.45. The smallest absolute Gasteiger partial charge is 0.261 e. The molecule has 21 rings (SSSR count). The summed E-state index contributed by atoms with van der Waals surface area (Å²) >= 11 is 0. The van der Waals surface area contributed by atoms with Gasteiger partial charge in [-0.2, -0.15) is 0 Å². The molecule has 0 bridgehead atoms. The highest BCUT2D eigenvalue weighted by atomic mass is 16.3. The van der Waals surface area contributed by atoms with Crippen molar-refractivity contribution in [2.24, 2.45) is 0 Å². The molecule has 19 aromatic rings. The van der Waals surface area contributed by atoms with Gasteiger partial charge in [-0.1, -0.05) is 249 Å². The molecule has 450 valence electrons. The van der Waals surface area contributed by atoms with Crippen LogP contribution in [0.2, 0.25) is 0 Å². The first-order chi connectivity index (χ1) is 48.2. The van der Waals surface area contributed by atoms with E-state index in [0.717, 1.165) is 172 Å². The van der Waals surface area contributed by atoms with Crippen molar-refractivity contribution in [3.63, 3.8) is 0 Å². The first-order valence-corrected chi connectivity index (χ1v) is 33.3. The van der Waals surface area contributed by atoms with E-state index in [0.29, 0.717) is 0 Å². The van der Waals surface area contributed by atoms with E-state index in [4.69, 9.17) is 8.83 Å². The second-order valence-corrected chi connectivity index (χ2v) is 25.7. The van der Waals surface area contributed by atoms with E-state index in [1.54, 1.807) is 0 Å². The number of para-hydroxylation sites is 7. The van der Waals surface area contributed by atoms with Crippen molar-refractivity contribution in [2.75, 3.05) is 9.80 Å². The zero-order valence-electron chi connectivity index (χ0n) is 52.4. The van der Waals surface area contributed by atoms with Crippen LogP contribution in [0.4, 0.5) is 34.1 Å². The molecule has 0 saturated heterocycles. The summed E-state index contributed by atoms with van der Waals surface area (Å²) < 4.78 is 20.3. The molecular weight excluding hydrogens is 1180 g/mol. The summed E-state index contributed by atoms with van der Waals surface area (Å²) in [4.78, 5) is 5.18. The minimum absolute atomic E-state index is 0.461. The van der Waals surface area contributed by atoms with Crippen molar-refractivity contribution in [1.29, 1.82) is 0 Å². The average molecular weight is 1240 g/mol. The maximum absolute atomic E-state index is 7.68. The number of rotatable bonds is 8. The van der Waals surface area contributed by atoms with Gasteiger partial charge < -0.3 is 27.8 Å². The number of hydrogen-bond acceptors (Lipinski definition) is 4. The third kappa shape index (κ3) is 7.79. The predicted molar refractivity (Wildman–Crippen MR) is 405 cm³/mol. The predicted octanol–water partition coefficient (Wildman–Crippen LogP) is 22.4. The number of nitrogens with zero attached hydrogens (tertiary/aromatic N) is 4. The van der Waals surface area contributed by atoms with E-state index in [2.05, 4.69) is 353 Å². The number of hydrogen-bond donors (Lipinski definition) is 0. The maximum atomic E-state index is 7.68. The SMILES string of the molecule is c1ccc(-c2ccccc2N2c3cc(-n4c5ccccc5c5cc(-n6c7ccccc7c7ccccc76)ccc54)cc4c3B(c3c2cc(-c2ccccc2)c2c3oc3ccccc32)c2c(cc(-c3ccccc3)c3c2oc2ccccc23)N4c2ccccc2-c2ccccc2)cc1. The first kappa shape index (κ1) is 53.6. The summed E-state index contributed by atoms with van der Waals surface area (Å²) in [6.45, 7) is -0.461. The van der Waals surface area contributed by atoms with Gasteiger partial charge in [-0.3, -0.25) is 0 Å². The van der Waals surface area contributed by atoms with E-state index < -0.39 is 6.71 Å². The number of furan rings is 2. The van der Waals surface area contributed by atoms with E-state index in [9.17, 15) is 0 Å². The van der Waals surface area contributed by atoms with Crippen LogP contribution in [-0.4, -0.2) is 15.8 Å². The Bertz CT molecular complexity index is 6140. The Balaban J connectivity index is 0.963. The molecule has 15 aromatic carbocycles. The van der Waals surface area contributed by atoms with Gasteiger partial charge in [0.25, 0.3) is 6.71 Å². The van der Waals surface area contributed by atoms with E-state index in [1.807, 2.05) is 0 Å². The minimum Gasteiger partial charge on any atom is -0.456 e. The molecule has 7 heteroatoms. The third-order valence-corrected chi connectivity index (χ3v) is 20.7. The van der Waals surface area contributed by atoms with Crippen LogP contribution in [0.15, 0.2) is 342 Å². The molecule has 0 atom stereocenters. The van der Waals surface area contributed by atoms with Crippen molar-refractivity contribution in [1.82, 2.24) is 9.13 Å². The fraction of sp³-hybridized carbons (Fsp3) is 0. The summed E-state index contributed by atoms with van der Waals surface area (Å²) in [6, 6.07) is 122. The molecule has 97 heavy (non-hydrogen) atoms. The van der Waals surface area contributed by atoms with Crippen LogP contribution in [0.5, 0.6) is 0 Å². The van der Waals surface area contributed by atoms with Gasteiger partial charge >= 0.3 is 0 Å². The van der Waals surface area contributed by atoms with Gasteiger partial charge in [0.2, 0.25) is 0 Å². The molecule has 4 aromatic heterocycles. The first-order valence-electron chi connectivity index (χ1n) is 33.3. The van der Waals surface area contributed by atoms with Gasteiger partial charge in [0.15, 0.2) is 0 Å². The fourth-order valence-electron chi connectivity index (χ4n) is 16.7. The number of anilines is 6. The van der Waals surface area contributed by atoms with Crippen LogP contribution in [-0.2, 0) is 0 Å². The lowest BCUT2D eigenvalue weighted by Crippen LogP contribution is -2.61. The lowest BCUT2D eigenvalue weighted by atomic mass is 9.33. The molecule has 0 unspecified atom stereocenters. The number of fused-ring (bicyclic) bond motifs is 18. The number of aromatic nitrogens is 2. The molecular formula is C90H55BN4O2. The Morgan fingerprint density at radius 2 is 0.567 bits per heavy atom. The summed E-state index contributed by atoms with van der Waals surface area (Å²) in [5.74, 6) is 0. The van der Waals surface area contributed by atoms with Gasteiger partial charge in [0, 0.05) is 82.7 Å². The van der Waals surface area contributed by atoms with Crippen molar-refractivity contribution < 1.29 is 8.83 Å². The molecule has 2 aliphatic rings. The standard InChI is InChI=1S/C90H55BN4O2/c1-5-27-56(28-6-1)62-35-13-20-42-72(62)94-78-52-61(93-76-46-24-17-39-66(76)71-51-60(49-50-77(71)93)92-74-44-22-15-37-64(74)65-38-16-23-45-75(65)92)53-79-86(78)91(87-80(94)54-69(58-31-9-3-10-32-58)84-67-40-18-25-47-82(67)96-89(84)87)88-81(95(79)73-43-21-14-36-63(73)57-29-7-2-8-30-57)55-70(59-33-11-4-12-34-59)85-68-41-19-26-48-83(68)97-90(85)88/h1-55H. The molecule has 6 nitrogen and oxygen atoms in total. The van der Waals surface area contributed by atoms with E-state index >= 15 is 0 Å². The monoisotopic (exact) mass is 1230 g/mol. The second kappa shape index (κ2) is 20.8. The normalized spacial score (nSPS) is 12.7. The molecule has 2 aliphatic heterocycles. The van der Waals surface area contributed by atoms with E-state index in [1.165, 1.54) is 21.8 Å². The van der Waals surface area contributed by atoms with Gasteiger partial charge in [-0.15, -0.1) is 0 Å². The van der Waals surface area contributed by atoms with Crippen molar-refractivity contribution in [3.05, 3.63) is 334 Å². The topological polar surface area (TPSA) is 42.6 Å². The Kier molecular flexibility index (Phi) is 11.5. The Hall–Kier alpha value is -12.8. The van der Waals surface area contributed by atoms with Crippen LogP contribution in [0, 0.1) is 0 Å². The highest BCUT2D eigenvalue weighted by Gasteiger charge is 2.49. The molecule has 6 heterocycles. The van der Waals surface area contributed by atoms with Crippen LogP contribution in [0.25, 0.3) is 143 Å². The zero-order chi connectivity index (χ0) is 63.4. The molecule has 0 amide bonds. The lowest BCUT2D eigenvalue weighted by molar-refractivity contribution is 0.671. The van der Waals surface area contributed by atoms with Crippen molar-refractivity contribution in [2.45, 2.75) is 0 Å². The van der Waals surface area contributed by atoms with Crippen molar-refractivity contribution in [3.8, 4) is 55.9 Å². The summed E-state index contributed by atoms with van der Waals surface area (Å²) in [7, 11) is 0. The zero-order valence-corrected chi connectivity index (χ0v) is 52.4. The van der Waals surface area contributed by atoms with Crippen LogP contribution >= 0.6 is 0 Å². The summed E-state index contributed by atoms with van der Waals surface area (Å²) in [6.07, 6.45) is 0. The molecule has 0 N–H and O–H groups in total. The fourth-order valence-corrected chi connectivity index (χ4v) is 16.7. The number of benzene rings is 15. The Labute approximate surface area is 558 Å². The van der Waals surface area contributed by atoms with E-state index in [-0.39, 0.29) is 0 Å². The molecule has 0 fully saturated rings. The van der Waals surface area contributed by atoms with Gasteiger partial charge in [0.1, 0.15) is 22.3 Å². The third-order valence-electron chi connectivity index (χ3n) is 20.7. The molecule has 0 saturated carbocycles. The quantitative estimate of drug-likeness (QED) is 0.142. The van der Waals surface area contributed by atoms with Crippen LogP contribution in [0.3, 0.4) is 0 Å². The average Bonchev–Trinajstić information content (AvgIpc) is 1.66. The van der Waals surface area contributed by atoms with Gasteiger partial charge in [-0.05, 0) is 135 Å². The van der Waals surface area contributed by atoms with Crippen molar-refractivity contribution >= 4 is 145 Å².